The summed E-state index contributed by atoms with van der Waals surface area (Å²) in [5.74, 6) is -1.98. The number of carboxylic acid groups (broad SMARTS) is 1. The lowest BCUT2D eigenvalue weighted by Gasteiger charge is -2.12. The Morgan fingerprint density at radius 1 is 1.14 bits per heavy atom. The SMILES string of the molecule is O=C(O)c1cc(OC(F)(F)F)cc(-c2ccccc2Cl)c1. The Morgan fingerprint density at radius 2 is 1.81 bits per heavy atom. The molecule has 7 heteroatoms. The molecule has 0 saturated carbocycles. The summed E-state index contributed by atoms with van der Waals surface area (Å²) in [5.41, 5.74) is 0.306. The van der Waals surface area contributed by atoms with Gasteiger partial charge in [0.15, 0.2) is 0 Å². The number of hydrogen-bond acceptors (Lipinski definition) is 2. The first-order valence-corrected chi connectivity index (χ1v) is 6.03. The lowest BCUT2D eigenvalue weighted by molar-refractivity contribution is -0.274. The fraction of sp³-hybridized carbons (Fsp3) is 0.0714. The van der Waals surface area contributed by atoms with Crippen LogP contribution in [-0.2, 0) is 0 Å². The molecule has 0 aliphatic carbocycles. The Bertz CT molecular complexity index is 683. The predicted molar refractivity (Wildman–Crippen MR) is 70.5 cm³/mol. The van der Waals surface area contributed by atoms with Gasteiger partial charge in [0.25, 0.3) is 0 Å². The van der Waals surface area contributed by atoms with Gasteiger partial charge >= 0.3 is 12.3 Å². The van der Waals surface area contributed by atoms with Crippen molar-refractivity contribution in [1.82, 2.24) is 0 Å². The van der Waals surface area contributed by atoms with Gasteiger partial charge in [-0.15, -0.1) is 13.2 Å². The van der Waals surface area contributed by atoms with Crippen LogP contribution in [-0.4, -0.2) is 17.4 Å². The molecule has 0 bridgehead atoms. The van der Waals surface area contributed by atoms with Gasteiger partial charge in [0, 0.05) is 10.6 Å². The van der Waals surface area contributed by atoms with Gasteiger partial charge < -0.3 is 9.84 Å². The fourth-order valence-corrected chi connectivity index (χ4v) is 2.01. The molecule has 2 rings (SSSR count). The molecule has 0 heterocycles. The molecule has 21 heavy (non-hydrogen) atoms. The monoisotopic (exact) mass is 316 g/mol. The average molecular weight is 317 g/mol. The summed E-state index contributed by atoms with van der Waals surface area (Å²) in [6, 6.07) is 9.53. The third-order valence-corrected chi connectivity index (χ3v) is 2.90. The van der Waals surface area contributed by atoms with E-state index in [2.05, 4.69) is 4.74 Å². The van der Waals surface area contributed by atoms with E-state index in [0.717, 1.165) is 12.1 Å². The highest BCUT2D eigenvalue weighted by Gasteiger charge is 2.31. The zero-order valence-electron chi connectivity index (χ0n) is 10.3. The molecule has 1 N–H and O–H groups in total. The minimum absolute atomic E-state index is 0.222. The van der Waals surface area contributed by atoms with Crippen LogP contribution in [0.2, 0.25) is 5.02 Å². The van der Waals surface area contributed by atoms with Gasteiger partial charge in [-0.2, -0.15) is 0 Å². The summed E-state index contributed by atoms with van der Waals surface area (Å²) < 4.78 is 40.7. The number of alkyl halides is 3. The molecule has 0 aromatic heterocycles. The Kier molecular flexibility index (Phi) is 4.09. The summed E-state index contributed by atoms with van der Waals surface area (Å²) in [6.45, 7) is 0. The molecule has 110 valence electrons. The van der Waals surface area contributed by atoms with E-state index in [9.17, 15) is 18.0 Å². The molecule has 3 nitrogen and oxygen atoms in total. The standard InChI is InChI=1S/C14H8ClF3O3/c15-12-4-2-1-3-11(12)8-5-9(13(19)20)7-10(6-8)21-14(16,17)18/h1-7H,(H,19,20). The third kappa shape index (κ3) is 3.88. The number of aromatic carboxylic acids is 1. The van der Waals surface area contributed by atoms with E-state index >= 15 is 0 Å². The van der Waals surface area contributed by atoms with Crippen molar-refractivity contribution in [3.05, 3.63) is 53.1 Å². The van der Waals surface area contributed by atoms with E-state index < -0.39 is 18.1 Å². The molecule has 2 aromatic rings. The van der Waals surface area contributed by atoms with Crippen LogP contribution in [0.4, 0.5) is 13.2 Å². The van der Waals surface area contributed by atoms with Crippen molar-refractivity contribution in [2.45, 2.75) is 6.36 Å². The van der Waals surface area contributed by atoms with Crippen molar-refractivity contribution < 1.29 is 27.8 Å². The molecule has 0 amide bonds. The maximum Gasteiger partial charge on any atom is 0.573 e. The zero-order valence-corrected chi connectivity index (χ0v) is 11.1. The lowest BCUT2D eigenvalue weighted by atomic mass is 10.0. The van der Waals surface area contributed by atoms with Crippen LogP contribution in [0.3, 0.4) is 0 Å². The van der Waals surface area contributed by atoms with E-state index in [0.29, 0.717) is 5.56 Å². The van der Waals surface area contributed by atoms with Crippen molar-refractivity contribution in [2.75, 3.05) is 0 Å². The van der Waals surface area contributed by atoms with E-state index in [1.54, 1.807) is 24.3 Å². The largest absolute Gasteiger partial charge is 0.573 e. The number of carboxylic acids is 1. The van der Waals surface area contributed by atoms with E-state index in [4.69, 9.17) is 16.7 Å². The van der Waals surface area contributed by atoms with Crippen LogP contribution in [0, 0.1) is 0 Å². The Morgan fingerprint density at radius 3 is 2.38 bits per heavy atom. The Balaban J connectivity index is 2.56. The van der Waals surface area contributed by atoms with Gasteiger partial charge in [-0.25, -0.2) is 4.79 Å². The van der Waals surface area contributed by atoms with Crippen LogP contribution < -0.4 is 4.74 Å². The number of hydrogen-bond donors (Lipinski definition) is 1. The molecule has 0 saturated heterocycles. The molecule has 0 atom stereocenters. The summed E-state index contributed by atoms with van der Waals surface area (Å²) in [4.78, 5) is 11.0. The summed E-state index contributed by atoms with van der Waals surface area (Å²) in [6.07, 6.45) is -4.91. The third-order valence-electron chi connectivity index (χ3n) is 2.57. The molecule has 0 spiro atoms. The van der Waals surface area contributed by atoms with Crippen molar-refractivity contribution in [2.24, 2.45) is 0 Å². The summed E-state index contributed by atoms with van der Waals surface area (Å²) in [7, 11) is 0. The molecule has 2 aromatic carbocycles. The van der Waals surface area contributed by atoms with Gasteiger partial charge in [-0.3, -0.25) is 0 Å². The van der Waals surface area contributed by atoms with Crippen molar-refractivity contribution in [3.8, 4) is 16.9 Å². The second-order valence-corrected chi connectivity index (χ2v) is 4.49. The van der Waals surface area contributed by atoms with Crippen LogP contribution in [0.5, 0.6) is 5.75 Å². The molecule has 0 aliphatic heterocycles. The molecule has 0 fully saturated rings. The second kappa shape index (κ2) is 5.65. The number of benzene rings is 2. The molecule has 0 aliphatic rings. The van der Waals surface area contributed by atoms with Crippen molar-refractivity contribution in [1.29, 1.82) is 0 Å². The molecule has 0 unspecified atom stereocenters. The minimum Gasteiger partial charge on any atom is -0.478 e. The first-order valence-electron chi connectivity index (χ1n) is 5.65. The maximum absolute atomic E-state index is 12.3. The number of rotatable bonds is 3. The lowest BCUT2D eigenvalue weighted by Crippen LogP contribution is -2.17. The van der Waals surface area contributed by atoms with E-state index in [1.165, 1.54) is 6.07 Å². The molecular weight excluding hydrogens is 309 g/mol. The van der Waals surface area contributed by atoms with Gasteiger partial charge in [0.05, 0.1) is 5.56 Å². The quantitative estimate of drug-likeness (QED) is 0.900. The molecule has 0 radical (unpaired) electrons. The molecular formula is C14H8ClF3O3. The first-order chi connectivity index (χ1) is 9.76. The number of carbonyl (C=O) groups is 1. The van der Waals surface area contributed by atoms with Crippen LogP contribution >= 0.6 is 11.6 Å². The summed E-state index contributed by atoms with van der Waals surface area (Å²) in [5, 5.41) is 9.27. The maximum atomic E-state index is 12.3. The summed E-state index contributed by atoms with van der Waals surface area (Å²) >= 11 is 5.97. The Hall–Kier alpha value is -2.21. The minimum atomic E-state index is -4.91. The highest BCUT2D eigenvalue weighted by atomic mass is 35.5. The number of halogens is 4. The first kappa shape index (κ1) is 15.2. The van der Waals surface area contributed by atoms with Crippen LogP contribution in [0.1, 0.15) is 10.4 Å². The van der Waals surface area contributed by atoms with Crippen molar-refractivity contribution >= 4 is 17.6 Å². The topological polar surface area (TPSA) is 46.5 Å². The highest BCUT2D eigenvalue weighted by Crippen LogP contribution is 2.33. The predicted octanol–water partition coefficient (Wildman–Crippen LogP) is 4.60. The van der Waals surface area contributed by atoms with Gasteiger partial charge in [-0.1, -0.05) is 29.8 Å². The Labute approximate surface area is 122 Å². The van der Waals surface area contributed by atoms with Gasteiger partial charge in [0.1, 0.15) is 5.75 Å². The van der Waals surface area contributed by atoms with Crippen LogP contribution in [0.25, 0.3) is 11.1 Å². The van der Waals surface area contributed by atoms with Gasteiger partial charge in [0.2, 0.25) is 0 Å². The van der Waals surface area contributed by atoms with Gasteiger partial charge in [-0.05, 0) is 29.8 Å². The van der Waals surface area contributed by atoms with E-state index in [-0.39, 0.29) is 16.1 Å². The fourth-order valence-electron chi connectivity index (χ4n) is 1.77. The number of ether oxygens (including phenoxy) is 1. The normalized spacial score (nSPS) is 11.2. The second-order valence-electron chi connectivity index (χ2n) is 4.08. The average Bonchev–Trinajstić information content (AvgIpc) is 2.36. The van der Waals surface area contributed by atoms with E-state index in [1.807, 2.05) is 0 Å². The van der Waals surface area contributed by atoms with Crippen LogP contribution in [0.15, 0.2) is 42.5 Å². The zero-order chi connectivity index (χ0) is 15.6. The smallest absolute Gasteiger partial charge is 0.478 e. The van der Waals surface area contributed by atoms with Crippen molar-refractivity contribution in [3.63, 3.8) is 0 Å². The highest BCUT2D eigenvalue weighted by molar-refractivity contribution is 6.33.